The summed E-state index contributed by atoms with van der Waals surface area (Å²) in [6, 6.07) is 9.11. The highest BCUT2D eigenvalue weighted by molar-refractivity contribution is 5.98. The second kappa shape index (κ2) is 27.0. The van der Waals surface area contributed by atoms with E-state index in [1.165, 1.54) is 24.3 Å². The van der Waals surface area contributed by atoms with Crippen molar-refractivity contribution in [1.82, 2.24) is 50.5 Å². The second-order valence-electron chi connectivity index (χ2n) is 16.2. The van der Waals surface area contributed by atoms with Gasteiger partial charge >= 0.3 is 23.9 Å². The molecule has 0 aliphatic carbocycles. The Morgan fingerprint density at radius 3 is 1.24 bits per heavy atom. The average molecular weight is 1050 g/mol. The Hall–Kier alpha value is -10.2. The van der Waals surface area contributed by atoms with E-state index >= 15 is 0 Å². The predicted octanol–water partition coefficient (Wildman–Crippen LogP) is -2.87. The third-order valence-corrected chi connectivity index (χ3v) is 10.4. The first-order valence-electron chi connectivity index (χ1n) is 22.2. The van der Waals surface area contributed by atoms with Crippen molar-refractivity contribution >= 4 is 105 Å². The Bertz CT molecular complexity index is 2910. The SMILES string of the molecule is CN(Cc1cnc2nc(N)nc(N)c2n1)c1ccc(C(=O)N[C@@H](CCC(=O)O)C(=O)O)cc1.CN(Cc1cnc2nc(N)nc(N)c2n1)c1ccc(C(=O)N[C@@H](CCC(=O)O)C(=O)O)cc1.NC(CCC(=O)[O-])C(=O)[O-]. The highest BCUT2D eigenvalue weighted by Crippen LogP contribution is 2.21. The number of nitrogen functional groups attached to an aromatic ring is 4. The van der Waals surface area contributed by atoms with Gasteiger partial charge < -0.3 is 89.3 Å². The van der Waals surface area contributed by atoms with E-state index < -0.39 is 65.8 Å². The molecular weight excluding hydrogens is 1000 g/mol. The molecule has 0 fully saturated rings. The zero-order valence-corrected chi connectivity index (χ0v) is 40.4. The highest BCUT2D eigenvalue weighted by atomic mass is 16.4. The first-order chi connectivity index (χ1) is 35.8. The minimum atomic E-state index is -1.44. The first-order valence-corrected chi connectivity index (χ1v) is 22.2. The Morgan fingerprint density at radius 2 is 0.921 bits per heavy atom. The van der Waals surface area contributed by atoms with Crippen molar-refractivity contribution in [1.29, 1.82) is 0 Å². The Labute approximate surface area is 429 Å². The Balaban J connectivity index is 0.000000279. The minimum absolute atomic E-state index is 0.0138. The third kappa shape index (κ3) is 17.8. The summed E-state index contributed by atoms with van der Waals surface area (Å²) in [4.78, 5) is 125. The van der Waals surface area contributed by atoms with Crippen molar-refractivity contribution in [3.63, 3.8) is 0 Å². The van der Waals surface area contributed by atoms with E-state index in [4.69, 9.17) is 38.9 Å². The van der Waals surface area contributed by atoms with Crippen LogP contribution in [-0.2, 0) is 41.9 Å². The molecule has 76 heavy (non-hydrogen) atoms. The fourth-order valence-electron chi connectivity index (χ4n) is 6.45. The molecule has 2 aromatic carbocycles. The Kier molecular flexibility index (Phi) is 20.8. The molecule has 4 heterocycles. The van der Waals surface area contributed by atoms with Gasteiger partial charge in [0.1, 0.15) is 12.1 Å². The van der Waals surface area contributed by atoms with Crippen LogP contribution >= 0.6 is 0 Å². The fraction of sp³-hybridized carbons (Fsp3) is 0.289. The fourth-order valence-corrected chi connectivity index (χ4v) is 6.45. The van der Waals surface area contributed by atoms with Crippen LogP contribution < -0.4 is 59.3 Å². The van der Waals surface area contributed by atoms with Crippen LogP contribution in [0.15, 0.2) is 60.9 Å². The van der Waals surface area contributed by atoms with Crippen LogP contribution in [0, 0.1) is 0 Å². The molecule has 0 spiro atoms. The van der Waals surface area contributed by atoms with Gasteiger partial charge in [-0.3, -0.25) is 19.2 Å². The molecule has 0 bridgehead atoms. The molecule has 0 radical (unpaired) electrons. The lowest BCUT2D eigenvalue weighted by atomic mass is 10.1. The molecule has 4 aromatic heterocycles. The van der Waals surface area contributed by atoms with Gasteiger partial charge in [0, 0.05) is 61.4 Å². The molecule has 16 N–H and O–H groups in total. The summed E-state index contributed by atoms with van der Waals surface area (Å²) in [5.74, 6) is -8.57. The monoisotopic (exact) mass is 1050 g/mol. The maximum absolute atomic E-state index is 12.4. The maximum atomic E-state index is 12.4. The molecule has 31 nitrogen and oxygen atoms in total. The summed E-state index contributed by atoms with van der Waals surface area (Å²) in [6.45, 7) is 0.739. The van der Waals surface area contributed by atoms with E-state index in [0.717, 1.165) is 11.4 Å². The van der Waals surface area contributed by atoms with Crippen molar-refractivity contribution in [2.24, 2.45) is 5.73 Å². The summed E-state index contributed by atoms with van der Waals surface area (Å²) in [7, 11) is 3.63. The normalized spacial score (nSPS) is 11.8. The van der Waals surface area contributed by atoms with Crippen LogP contribution in [0.4, 0.5) is 34.9 Å². The van der Waals surface area contributed by atoms with Crippen molar-refractivity contribution in [2.45, 2.75) is 69.7 Å². The van der Waals surface area contributed by atoms with E-state index in [1.54, 1.807) is 36.7 Å². The lowest BCUT2D eigenvalue weighted by Crippen LogP contribution is -2.42. The summed E-state index contributed by atoms with van der Waals surface area (Å²) in [5, 5.41) is 60.1. The van der Waals surface area contributed by atoms with Gasteiger partial charge in [-0.1, -0.05) is 0 Å². The number of nitrogens with two attached hydrogens (primary N) is 5. The number of carboxylic acid groups (broad SMARTS) is 6. The zero-order valence-electron chi connectivity index (χ0n) is 40.4. The van der Waals surface area contributed by atoms with Crippen LogP contribution in [0.5, 0.6) is 0 Å². The number of nitrogens with zero attached hydrogens (tertiary/aromatic N) is 10. The number of fused-ring (bicyclic) bond motifs is 2. The lowest BCUT2D eigenvalue weighted by molar-refractivity contribution is -0.309. The molecule has 3 atom stereocenters. The number of carbonyl (C=O) groups excluding carboxylic acids is 4. The van der Waals surface area contributed by atoms with Crippen LogP contribution in [0.25, 0.3) is 22.3 Å². The van der Waals surface area contributed by atoms with E-state index in [9.17, 15) is 58.8 Å². The molecule has 0 aliphatic heterocycles. The number of hydrogen-bond donors (Lipinski definition) is 11. The summed E-state index contributed by atoms with van der Waals surface area (Å²) in [6.07, 6.45) is 1.43. The van der Waals surface area contributed by atoms with Crippen molar-refractivity contribution in [3.05, 3.63) is 83.4 Å². The molecule has 402 valence electrons. The van der Waals surface area contributed by atoms with Gasteiger partial charge in [-0.2, -0.15) is 19.9 Å². The Morgan fingerprint density at radius 1 is 0.553 bits per heavy atom. The maximum Gasteiger partial charge on any atom is 0.326 e. The van der Waals surface area contributed by atoms with Crippen LogP contribution in [0.3, 0.4) is 0 Å². The van der Waals surface area contributed by atoms with Crippen molar-refractivity contribution < 1.29 is 69.0 Å². The van der Waals surface area contributed by atoms with Gasteiger partial charge in [-0.05, 0) is 74.2 Å². The van der Waals surface area contributed by atoms with Gasteiger partial charge in [0.25, 0.3) is 11.8 Å². The summed E-state index contributed by atoms with van der Waals surface area (Å²) < 4.78 is 0. The molecule has 1 unspecified atom stereocenters. The number of aliphatic carboxylic acids is 6. The summed E-state index contributed by atoms with van der Waals surface area (Å²) in [5.41, 5.74) is 32.2. The number of anilines is 6. The third-order valence-electron chi connectivity index (χ3n) is 10.4. The van der Waals surface area contributed by atoms with Crippen molar-refractivity contribution in [2.75, 3.05) is 46.8 Å². The number of hydrogen-bond acceptors (Lipinski definition) is 25. The van der Waals surface area contributed by atoms with E-state index in [0.29, 0.717) is 46.8 Å². The first kappa shape index (κ1) is 58.4. The summed E-state index contributed by atoms with van der Waals surface area (Å²) >= 11 is 0. The number of carbonyl (C=O) groups is 8. The van der Waals surface area contributed by atoms with E-state index in [2.05, 4.69) is 50.5 Å². The van der Waals surface area contributed by atoms with Gasteiger partial charge in [0.05, 0.1) is 42.8 Å². The zero-order chi connectivity index (χ0) is 56.4. The number of carboxylic acids is 6. The van der Waals surface area contributed by atoms with Gasteiger partial charge in [0.15, 0.2) is 34.0 Å². The molecule has 0 saturated heterocycles. The molecule has 0 aliphatic rings. The van der Waals surface area contributed by atoms with Gasteiger partial charge in [-0.15, -0.1) is 0 Å². The smallest absolute Gasteiger partial charge is 0.326 e. The molecular formula is C45H51N17O14-2. The van der Waals surface area contributed by atoms with Crippen LogP contribution in [0.1, 0.15) is 70.6 Å². The number of benzene rings is 2. The highest BCUT2D eigenvalue weighted by Gasteiger charge is 2.23. The number of rotatable bonds is 22. The average Bonchev–Trinajstić information content (AvgIpc) is 3.36. The number of aromatic nitrogens is 8. The molecule has 0 saturated carbocycles. The largest absolute Gasteiger partial charge is 0.550 e. The van der Waals surface area contributed by atoms with Gasteiger partial charge in [0.2, 0.25) is 11.9 Å². The number of amides is 2. The lowest BCUT2D eigenvalue weighted by Gasteiger charge is -2.19. The topological polar surface area (TPSA) is 527 Å². The van der Waals surface area contributed by atoms with Crippen molar-refractivity contribution in [3.8, 4) is 0 Å². The quantitative estimate of drug-likeness (QED) is 0.0325. The predicted molar refractivity (Wildman–Crippen MR) is 264 cm³/mol. The molecule has 6 rings (SSSR count). The number of nitrogens with one attached hydrogen (secondary N) is 2. The van der Waals surface area contributed by atoms with E-state index in [1.807, 2.05) is 23.9 Å². The van der Waals surface area contributed by atoms with Crippen LogP contribution in [0.2, 0.25) is 0 Å². The minimum Gasteiger partial charge on any atom is -0.550 e. The van der Waals surface area contributed by atoms with E-state index in [-0.39, 0.29) is 73.2 Å². The molecule has 6 aromatic rings. The molecule has 31 heteroatoms. The second-order valence-corrected chi connectivity index (χ2v) is 16.2. The standard InChI is InChI=1S/2C20H22N8O5.C5H9NO4/c2*1-28(9-11-8-23-17-15(24-11)16(21)26-20(22)27-17)12-4-2-10(3-5-12)18(31)25-13(19(32)33)6-7-14(29)30;6-3(5(9)10)1-2-4(7)8/h2*2-5,8,13H,6-7,9H2,1H3,(H,25,31)(H,29,30)(H,32,33)(H4,21,22,23,26,27);3H,1-2,6H2,(H,7,8)(H,9,10)/p-2/t2*13-;/m00./s1. The van der Waals surface area contributed by atoms with Gasteiger partial charge in [-0.25, -0.2) is 29.5 Å². The van der Waals surface area contributed by atoms with Crippen LogP contribution in [-0.4, -0.2) is 140 Å². The molecule has 2 amide bonds.